The Hall–Kier alpha value is -0.0900. The standard InChI is InChI=1S/C11H17ClN2S/c1-8-5-14(6-9(2)13-8)7-10-3-4-15-11(10)12/h3-4,8-9,13H,5-7H2,1-2H3. The Balaban J connectivity index is 1.97. The first-order chi connectivity index (χ1) is 7.15. The van der Waals surface area contributed by atoms with Crippen molar-refractivity contribution in [2.45, 2.75) is 32.5 Å². The van der Waals surface area contributed by atoms with Crippen molar-refractivity contribution in [1.29, 1.82) is 0 Å². The van der Waals surface area contributed by atoms with Crippen molar-refractivity contribution in [2.24, 2.45) is 0 Å². The maximum absolute atomic E-state index is 6.11. The van der Waals surface area contributed by atoms with Gasteiger partial charge in [0.05, 0.1) is 4.34 Å². The summed E-state index contributed by atoms with van der Waals surface area (Å²) in [5.74, 6) is 0. The number of hydrogen-bond donors (Lipinski definition) is 1. The molecule has 2 heterocycles. The highest BCUT2D eigenvalue weighted by Gasteiger charge is 2.21. The third-order valence-corrected chi connectivity index (χ3v) is 3.97. The second-order valence-corrected chi connectivity index (χ2v) is 5.90. The van der Waals surface area contributed by atoms with Crippen molar-refractivity contribution in [3.63, 3.8) is 0 Å². The molecule has 0 spiro atoms. The highest BCUT2D eigenvalue weighted by molar-refractivity contribution is 7.14. The maximum Gasteiger partial charge on any atom is 0.0973 e. The van der Waals surface area contributed by atoms with E-state index in [0.717, 1.165) is 24.0 Å². The zero-order valence-corrected chi connectivity index (χ0v) is 10.7. The fourth-order valence-electron chi connectivity index (χ4n) is 2.24. The fourth-order valence-corrected chi connectivity index (χ4v) is 3.16. The van der Waals surface area contributed by atoms with Crippen molar-refractivity contribution in [3.8, 4) is 0 Å². The number of hydrogen-bond acceptors (Lipinski definition) is 3. The Morgan fingerprint density at radius 2 is 2.13 bits per heavy atom. The molecule has 1 aromatic heterocycles. The minimum atomic E-state index is 0.575. The summed E-state index contributed by atoms with van der Waals surface area (Å²) in [6.07, 6.45) is 0. The second-order valence-electron chi connectivity index (χ2n) is 4.38. The minimum Gasteiger partial charge on any atom is -0.309 e. The smallest absolute Gasteiger partial charge is 0.0973 e. The molecule has 2 atom stereocenters. The van der Waals surface area contributed by atoms with E-state index in [-0.39, 0.29) is 0 Å². The Bertz CT molecular complexity index is 316. The molecule has 0 aromatic carbocycles. The van der Waals surface area contributed by atoms with E-state index in [1.54, 1.807) is 11.3 Å². The highest BCUT2D eigenvalue weighted by atomic mass is 35.5. The van der Waals surface area contributed by atoms with E-state index < -0.39 is 0 Å². The van der Waals surface area contributed by atoms with E-state index in [1.807, 2.05) is 0 Å². The van der Waals surface area contributed by atoms with Crippen LogP contribution in [-0.4, -0.2) is 30.1 Å². The van der Waals surface area contributed by atoms with Gasteiger partial charge >= 0.3 is 0 Å². The normalized spacial score (nSPS) is 28.2. The molecule has 0 radical (unpaired) electrons. The zero-order chi connectivity index (χ0) is 10.8. The molecule has 0 amide bonds. The quantitative estimate of drug-likeness (QED) is 0.861. The molecule has 1 saturated heterocycles. The summed E-state index contributed by atoms with van der Waals surface area (Å²) in [6.45, 7) is 7.67. The Labute approximate surface area is 100 Å². The summed E-state index contributed by atoms with van der Waals surface area (Å²) in [4.78, 5) is 2.47. The molecule has 2 unspecified atom stereocenters. The molecule has 84 valence electrons. The molecule has 0 bridgehead atoms. The van der Waals surface area contributed by atoms with E-state index in [4.69, 9.17) is 11.6 Å². The fraction of sp³-hybridized carbons (Fsp3) is 0.636. The van der Waals surface area contributed by atoms with Crippen LogP contribution >= 0.6 is 22.9 Å². The van der Waals surface area contributed by atoms with Crippen LogP contribution in [0.15, 0.2) is 11.4 Å². The summed E-state index contributed by atoms with van der Waals surface area (Å²) in [5, 5.41) is 5.59. The van der Waals surface area contributed by atoms with Gasteiger partial charge in [0, 0.05) is 31.7 Å². The molecular weight excluding hydrogens is 228 g/mol. The molecule has 2 nitrogen and oxygen atoms in total. The van der Waals surface area contributed by atoms with Crippen molar-refractivity contribution in [3.05, 3.63) is 21.3 Å². The first kappa shape index (κ1) is 11.4. The molecule has 2 rings (SSSR count). The second kappa shape index (κ2) is 4.83. The van der Waals surface area contributed by atoms with Crippen LogP contribution in [0, 0.1) is 0 Å². The monoisotopic (exact) mass is 244 g/mol. The predicted molar refractivity (Wildman–Crippen MR) is 66.7 cm³/mol. The van der Waals surface area contributed by atoms with E-state index in [1.165, 1.54) is 5.56 Å². The van der Waals surface area contributed by atoms with Crippen LogP contribution in [0.25, 0.3) is 0 Å². The lowest BCUT2D eigenvalue weighted by Crippen LogP contribution is -2.53. The first-order valence-corrected chi connectivity index (χ1v) is 6.61. The number of nitrogens with one attached hydrogen (secondary N) is 1. The van der Waals surface area contributed by atoms with Gasteiger partial charge in [-0.3, -0.25) is 4.90 Å². The molecule has 1 aliphatic heterocycles. The van der Waals surface area contributed by atoms with E-state index in [2.05, 4.69) is 35.5 Å². The number of halogens is 1. The molecule has 0 aliphatic carbocycles. The molecule has 1 fully saturated rings. The number of thiophene rings is 1. The third kappa shape index (κ3) is 2.94. The SMILES string of the molecule is CC1CN(Cc2ccsc2Cl)CC(C)N1. The highest BCUT2D eigenvalue weighted by Crippen LogP contribution is 2.24. The van der Waals surface area contributed by atoms with E-state index in [0.29, 0.717) is 12.1 Å². The lowest BCUT2D eigenvalue weighted by Gasteiger charge is -2.36. The number of rotatable bonds is 2. The summed E-state index contributed by atoms with van der Waals surface area (Å²) in [6, 6.07) is 3.28. The molecular formula is C11H17ClN2S. The molecule has 1 N–H and O–H groups in total. The van der Waals surface area contributed by atoms with Gasteiger partial charge in [-0.05, 0) is 30.9 Å². The largest absolute Gasteiger partial charge is 0.309 e. The third-order valence-electron chi connectivity index (χ3n) is 2.72. The van der Waals surface area contributed by atoms with Crippen molar-refractivity contribution in [2.75, 3.05) is 13.1 Å². The lowest BCUT2D eigenvalue weighted by molar-refractivity contribution is 0.167. The van der Waals surface area contributed by atoms with Gasteiger partial charge in [0.15, 0.2) is 0 Å². The Morgan fingerprint density at radius 1 is 1.47 bits per heavy atom. The summed E-state index contributed by atoms with van der Waals surface area (Å²) < 4.78 is 0.939. The predicted octanol–water partition coefficient (Wildman–Crippen LogP) is 2.58. The zero-order valence-electron chi connectivity index (χ0n) is 9.16. The summed E-state index contributed by atoms with van der Waals surface area (Å²) >= 11 is 7.73. The van der Waals surface area contributed by atoms with Crippen molar-refractivity contribution >= 4 is 22.9 Å². The van der Waals surface area contributed by atoms with E-state index in [9.17, 15) is 0 Å². The molecule has 1 aliphatic rings. The maximum atomic E-state index is 6.11. The lowest BCUT2D eigenvalue weighted by atomic mass is 10.1. The Morgan fingerprint density at radius 3 is 2.67 bits per heavy atom. The summed E-state index contributed by atoms with van der Waals surface area (Å²) in [7, 11) is 0. The first-order valence-electron chi connectivity index (χ1n) is 5.35. The van der Waals surface area contributed by atoms with Crippen LogP contribution < -0.4 is 5.32 Å². The van der Waals surface area contributed by atoms with Crippen LogP contribution in [-0.2, 0) is 6.54 Å². The molecule has 0 saturated carbocycles. The van der Waals surface area contributed by atoms with Gasteiger partial charge in [0.25, 0.3) is 0 Å². The van der Waals surface area contributed by atoms with Crippen LogP contribution in [0.3, 0.4) is 0 Å². The average molecular weight is 245 g/mol. The van der Waals surface area contributed by atoms with Gasteiger partial charge in [-0.25, -0.2) is 0 Å². The van der Waals surface area contributed by atoms with Gasteiger partial charge < -0.3 is 5.32 Å². The van der Waals surface area contributed by atoms with Gasteiger partial charge in [0.2, 0.25) is 0 Å². The van der Waals surface area contributed by atoms with E-state index >= 15 is 0 Å². The molecule has 4 heteroatoms. The molecule has 15 heavy (non-hydrogen) atoms. The van der Waals surface area contributed by atoms with Crippen LogP contribution in [0.4, 0.5) is 0 Å². The average Bonchev–Trinajstić information content (AvgIpc) is 2.50. The van der Waals surface area contributed by atoms with Crippen molar-refractivity contribution in [1.82, 2.24) is 10.2 Å². The van der Waals surface area contributed by atoms with Crippen LogP contribution in [0.5, 0.6) is 0 Å². The topological polar surface area (TPSA) is 15.3 Å². The Kier molecular flexibility index (Phi) is 3.67. The number of piperazine rings is 1. The minimum absolute atomic E-state index is 0.575. The van der Waals surface area contributed by atoms with Gasteiger partial charge in [0.1, 0.15) is 0 Å². The van der Waals surface area contributed by atoms with Gasteiger partial charge in [-0.1, -0.05) is 11.6 Å². The van der Waals surface area contributed by atoms with Crippen LogP contribution in [0.2, 0.25) is 4.34 Å². The van der Waals surface area contributed by atoms with Crippen molar-refractivity contribution < 1.29 is 0 Å². The molecule has 1 aromatic rings. The van der Waals surface area contributed by atoms with Gasteiger partial charge in [-0.15, -0.1) is 11.3 Å². The summed E-state index contributed by atoms with van der Waals surface area (Å²) in [5.41, 5.74) is 1.27. The van der Waals surface area contributed by atoms with Gasteiger partial charge in [-0.2, -0.15) is 0 Å². The van der Waals surface area contributed by atoms with Crippen LogP contribution in [0.1, 0.15) is 19.4 Å². The number of nitrogens with zero attached hydrogens (tertiary/aromatic N) is 1.